The molecule has 1 aliphatic carbocycles. The number of aliphatic hydroxyl groups excluding tert-OH is 1. The molecule has 2 rings (SSSR count). The van der Waals surface area contributed by atoms with Gasteiger partial charge in [-0.2, -0.15) is 0 Å². The minimum atomic E-state index is -3.86. The molecule has 1 aliphatic rings. The predicted octanol–water partition coefficient (Wildman–Crippen LogP) is 1.14. The molecule has 0 aromatic heterocycles. The van der Waals surface area contributed by atoms with Crippen LogP contribution in [0.15, 0.2) is 23.1 Å². The molecule has 1 aromatic rings. The molecular formula is C14H19NO5S. The molecule has 1 fully saturated rings. The number of hydrogen-bond acceptors (Lipinski definition) is 4. The summed E-state index contributed by atoms with van der Waals surface area (Å²) in [4.78, 5) is 11.0. The standard InChI is InChI=1S/C14H19NO5S/c1-2-10-4-5-11(13(17)18)8-12(10)21(19,20)15-14(9-16)6-3-7-14/h4-5,8,15-16H,2-3,6-7,9H2,1H3,(H,17,18). The molecule has 0 spiro atoms. The van der Waals surface area contributed by atoms with Crippen molar-refractivity contribution in [3.8, 4) is 0 Å². The zero-order chi connectivity index (χ0) is 15.7. The Morgan fingerprint density at radius 3 is 2.48 bits per heavy atom. The molecule has 1 aromatic carbocycles. The molecule has 0 unspecified atom stereocenters. The Bertz CT molecular complexity index is 644. The summed E-state index contributed by atoms with van der Waals surface area (Å²) in [6.07, 6.45) is 2.51. The van der Waals surface area contributed by atoms with Gasteiger partial charge in [0.2, 0.25) is 10.0 Å². The SMILES string of the molecule is CCc1ccc(C(=O)O)cc1S(=O)(=O)NC1(CO)CCC1. The van der Waals surface area contributed by atoms with Gasteiger partial charge in [-0.15, -0.1) is 0 Å². The number of rotatable bonds is 6. The van der Waals surface area contributed by atoms with Gasteiger partial charge in [0.1, 0.15) is 0 Å². The van der Waals surface area contributed by atoms with Gasteiger partial charge >= 0.3 is 5.97 Å². The lowest BCUT2D eigenvalue weighted by Crippen LogP contribution is -2.56. The number of aliphatic hydroxyl groups is 1. The van der Waals surface area contributed by atoms with Gasteiger partial charge in [-0.1, -0.05) is 13.0 Å². The van der Waals surface area contributed by atoms with Gasteiger partial charge in [-0.25, -0.2) is 17.9 Å². The van der Waals surface area contributed by atoms with Crippen molar-refractivity contribution in [3.63, 3.8) is 0 Å². The molecule has 0 radical (unpaired) electrons. The quantitative estimate of drug-likeness (QED) is 0.730. The predicted molar refractivity (Wildman–Crippen MR) is 76.8 cm³/mol. The summed E-state index contributed by atoms with van der Waals surface area (Å²) in [5.74, 6) is -1.17. The molecule has 1 saturated carbocycles. The number of carboxylic acid groups (broad SMARTS) is 1. The van der Waals surface area contributed by atoms with Crippen molar-refractivity contribution in [2.45, 2.75) is 43.0 Å². The largest absolute Gasteiger partial charge is 0.478 e. The van der Waals surface area contributed by atoms with E-state index in [1.165, 1.54) is 18.2 Å². The molecule has 0 amide bonds. The van der Waals surface area contributed by atoms with Crippen molar-refractivity contribution in [1.29, 1.82) is 0 Å². The lowest BCUT2D eigenvalue weighted by molar-refractivity contribution is 0.0696. The zero-order valence-corrected chi connectivity index (χ0v) is 12.6. The summed E-state index contributed by atoms with van der Waals surface area (Å²) >= 11 is 0. The highest BCUT2D eigenvalue weighted by atomic mass is 32.2. The van der Waals surface area contributed by atoms with E-state index < -0.39 is 21.5 Å². The van der Waals surface area contributed by atoms with E-state index in [4.69, 9.17) is 5.11 Å². The van der Waals surface area contributed by atoms with Gasteiger partial charge in [0.25, 0.3) is 0 Å². The average molecular weight is 313 g/mol. The number of benzene rings is 1. The second kappa shape index (κ2) is 5.75. The van der Waals surface area contributed by atoms with Crippen LogP contribution in [-0.4, -0.2) is 36.7 Å². The molecule has 0 aliphatic heterocycles. The fourth-order valence-electron chi connectivity index (χ4n) is 2.47. The van der Waals surface area contributed by atoms with E-state index in [-0.39, 0.29) is 17.1 Å². The summed E-state index contributed by atoms with van der Waals surface area (Å²) in [7, 11) is -3.86. The van der Waals surface area contributed by atoms with E-state index in [9.17, 15) is 18.3 Å². The maximum Gasteiger partial charge on any atom is 0.335 e. The highest BCUT2D eigenvalue weighted by Gasteiger charge is 2.40. The van der Waals surface area contributed by atoms with Crippen molar-refractivity contribution < 1.29 is 23.4 Å². The maximum atomic E-state index is 12.5. The van der Waals surface area contributed by atoms with Crippen molar-refractivity contribution >= 4 is 16.0 Å². The van der Waals surface area contributed by atoms with E-state index in [0.29, 0.717) is 24.8 Å². The third-order valence-electron chi connectivity index (χ3n) is 3.95. The minimum Gasteiger partial charge on any atom is -0.478 e. The first-order valence-electron chi connectivity index (χ1n) is 6.84. The van der Waals surface area contributed by atoms with Gasteiger partial charge in [-0.3, -0.25) is 0 Å². The zero-order valence-electron chi connectivity index (χ0n) is 11.8. The number of sulfonamides is 1. The lowest BCUT2D eigenvalue weighted by atomic mass is 9.78. The van der Waals surface area contributed by atoms with Gasteiger partial charge in [-0.05, 0) is 43.4 Å². The summed E-state index contributed by atoms with van der Waals surface area (Å²) in [6, 6.07) is 4.09. The van der Waals surface area contributed by atoms with Crippen LogP contribution in [0.25, 0.3) is 0 Å². The van der Waals surface area contributed by atoms with E-state index >= 15 is 0 Å². The highest BCUT2D eigenvalue weighted by molar-refractivity contribution is 7.89. The Hall–Kier alpha value is -1.44. The van der Waals surface area contributed by atoms with Gasteiger partial charge in [0, 0.05) is 0 Å². The number of hydrogen-bond donors (Lipinski definition) is 3. The van der Waals surface area contributed by atoms with E-state index in [0.717, 1.165) is 6.42 Å². The maximum absolute atomic E-state index is 12.5. The Morgan fingerprint density at radius 2 is 2.05 bits per heavy atom. The monoisotopic (exact) mass is 313 g/mol. The van der Waals surface area contributed by atoms with Crippen LogP contribution in [0.2, 0.25) is 0 Å². The van der Waals surface area contributed by atoms with Crippen LogP contribution in [0.3, 0.4) is 0 Å². The number of aromatic carboxylic acids is 1. The summed E-state index contributed by atoms with van der Waals surface area (Å²) in [6.45, 7) is 1.55. The number of aryl methyl sites for hydroxylation is 1. The second-order valence-corrected chi connectivity index (χ2v) is 7.03. The third-order valence-corrected chi connectivity index (χ3v) is 5.61. The topological polar surface area (TPSA) is 104 Å². The lowest BCUT2D eigenvalue weighted by Gasteiger charge is -2.40. The van der Waals surface area contributed by atoms with Crippen molar-refractivity contribution in [3.05, 3.63) is 29.3 Å². The van der Waals surface area contributed by atoms with Crippen LogP contribution in [0, 0.1) is 0 Å². The van der Waals surface area contributed by atoms with Crippen LogP contribution in [0.1, 0.15) is 42.1 Å². The van der Waals surface area contributed by atoms with E-state index in [1.807, 2.05) is 0 Å². The van der Waals surface area contributed by atoms with Crippen molar-refractivity contribution in [1.82, 2.24) is 4.72 Å². The third kappa shape index (κ3) is 3.09. The molecule has 0 heterocycles. The molecule has 6 nitrogen and oxygen atoms in total. The van der Waals surface area contributed by atoms with Crippen LogP contribution in [0.5, 0.6) is 0 Å². The molecular weight excluding hydrogens is 294 g/mol. The second-order valence-electron chi connectivity index (χ2n) is 5.38. The van der Waals surface area contributed by atoms with Gasteiger partial charge < -0.3 is 10.2 Å². The molecule has 7 heteroatoms. The number of carbonyl (C=O) groups is 1. The van der Waals surface area contributed by atoms with Gasteiger partial charge in [0.05, 0.1) is 22.6 Å². The van der Waals surface area contributed by atoms with Crippen LogP contribution in [0.4, 0.5) is 0 Å². The molecule has 0 atom stereocenters. The summed E-state index contributed by atoms with van der Waals surface area (Å²) in [5, 5.41) is 18.4. The van der Waals surface area contributed by atoms with Crippen LogP contribution < -0.4 is 4.72 Å². The first-order valence-corrected chi connectivity index (χ1v) is 8.33. The molecule has 21 heavy (non-hydrogen) atoms. The molecule has 3 N–H and O–H groups in total. The van der Waals surface area contributed by atoms with Crippen molar-refractivity contribution in [2.24, 2.45) is 0 Å². The summed E-state index contributed by atoms with van der Waals surface area (Å²) in [5.41, 5.74) is -0.317. The Labute approximate surface area is 123 Å². The fraction of sp³-hybridized carbons (Fsp3) is 0.500. The average Bonchev–Trinajstić information content (AvgIpc) is 2.42. The van der Waals surface area contributed by atoms with Crippen LogP contribution in [-0.2, 0) is 16.4 Å². The number of nitrogens with one attached hydrogen (secondary N) is 1. The van der Waals surface area contributed by atoms with Crippen LogP contribution >= 0.6 is 0 Å². The first-order chi connectivity index (χ1) is 9.83. The van der Waals surface area contributed by atoms with E-state index in [2.05, 4.69) is 4.72 Å². The van der Waals surface area contributed by atoms with Gasteiger partial charge in [0.15, 0.2) is 0 Å². The smallest absolute Gasteiger partial charge is 0.335 e. The Morgan fingerprint density at radius 1 is 1.38 bits per heavy atom. The molecule has 0 saturated heterocycles. The Balaban J connectivity index is 2.43. The van der Waals surface area contributed by atoms with E-state index in [1.54, 1.807) is 6.92 Å². The Kier molecular flexibility index (Phi) is 4.36. The normalized spacial score (nSPS) is 17.2. The number of carboxylic acids is 1. The first kappa shape index (κ1) is 15.9. The van der Waals surface area contributed by atoms with Crippen molar-refractivity contribution in [2.75, 3.05) is 6.61 Å². The highest BCUT2D eigenvalue weighted by Crippen LogP contribution is 2.33. The summed E-state index contributed by atoms with van der Waals surface area (Å²) < 4.78 is 27.6. The molecule has 0 bridgehead atoms. The molecule has 116 valence electrons. The minimum absolute atomic E-state index is 0.0235. The fourth-order valence-corrected chi connectivity index (χ4v) is 4.25.